The predicted octanol–water partition coefficient (Wildman–Crippen LogP) is 6.06. The van der Waals surface area contributed by atoms with Crippen molar-refractivity contribution in [3.05, 3.63) is 81.9 Å². The molecule has 0 radical (unpaired) electrons. The van der Waals surface area contributed by atoms with Crippen molar-refractivity contribution in [1.82, 2.24) is 4.90 Å². The van der Waals surface area contributed by atoms with Crippen molar-refractivity contribution in [2.75, 3.05) is 18.1 Å². The molecule has 3 amide bonds. The number of nitrogens with zero attached hydrogens (tertiary/aromatic N) is 4. The zero-order valence-corrected chi connectivity index (χ0v) is 22.0. The van der Waals surface area contributed by atoms with Gasteiger partial charge in [-0.15, -0.1) is 0 Å². The number of anilines is 1. The van der Waals surface area contributed by atoms with E-state index < -0.39 is 11.6 Å². The lowest BCUT2D eigenvalue weighted by Gasteiger charge is -2.27. The average molecular weight is 540 g/mol. The van der Waals surface area contributed by atoms with E-state index in [9.17, 15) is 14.8 Å². The van der Waals surface area contributed by atoms with Gasteiger partial charge in [0.25, 0.3) is 5.91 Å². The lowest BCUT2D eigenvalue weighted by Crippen LogP contribution is -2.44. The lowest BCUT2D eigenvalue weighted by molar-refractivity contribution is -0.904. The standard InChI is InChI=1S/C27H25Cl2N4O4/c1-17-22(8-7-21(30-4)24(17)29)33-25(34)27(2,3)32(26(33)35)12-5-15-37-23-9-6-19(16-20(23)28)18-10-13-31(36)14-11-18/h6-11,13-14,16,36H,5,12,15H2,1-3H3/q+1. The molecule has 0 atom stereocenters. The van der Waals surface area contributed by atoms with E-state index in [2.05, 4.69) is 4.85 Å². The van der Waals surface area contributed by atoms with Crippen LogP contribution in [0.4, 0.5) is 16.2 Å². The first kappa shape index (κ1) is 26.3. The molecule has 0 unspecified atom stereocenters. The van der Waals surface area contributed by atoms with Gasteiger partial charge in [0.05, 0.1) is 28.9 Å². The maximum absolute atomic E-state index is 13.3. The Morgan fingerprint density at radius 1 is 1.08 bits per heavy atom. The van der Waals surface area contributed by atoms with Crippen LogP contribution in [0.1, 0.15) is 25.8 Å². The summed E-state index contributed by atoms with van der Waals surface area (Å²) in [5.41, 5.74) is 1.85. The lowest BCUT2D eigenvalue weighted by atomic mass is 10.0. The van der Waals surface area contributed by atoms with Crippen molar-refractivity contribution in [3.8, 4) is 16.9 Å². The van der Waals surface area contributed by atoms with Crippen molar-refractivity contribution >= 4 is 46.5 Å². The van der Waals surface area contributed by atoms with Crippen LogP contribution in [-0.4, -0.2) is 40.7 Å². The average Bonchev–Trinajstić information content (AvgIpc) is 3.03. The number of hydrogen-bond donors (Lipinski definition) is 1. The number of urea groups is 1. The van der Waals surface area contributed by atoms with Crippen molar-refractivity contribution in [1.29, 1.82) is 0 Å². The van der Waals surface area contributed by atoms with Gasteiger partial charge in [-0.25, -0.2) is 14.5 Å². The van der Waals surface area contributed by atoms with Gasteiger partial charge in [0.15, 0.2) is 0 Å². The summed E-state index contributed by atoms with van der Waals surface area (Å²) < 4.78 is 6.81. The molecule has 1 aliphatic heterocycles. The summed E-state index contributed by atoms with van der Waals surface area (Å²) in [6.45, 7) is 12.9. The highest BCUT2D eigenvalue weighted by Gasteiger charge is 2.51. The molecule has 1 saturated heterocycles. The molecule has 8 nitrogen and oxygen atoms in total. The van der Waals surface area contributed by atoms with Gasteiger partial charge in [0.2, 0.25) is 18.1 Å². The molecule has 37 heavy (non-hydrogen) atoms. The fourth-order valence-corrected chi connectivity index (χ4v) is 4.66. The minimum Gasteiger partial charge on any atom is -0.492 e. The zero-order valence-electron chi connectivity index (χ0n) is 20.5. The number of hydrogen-bond acceptors (Lipinski definition) is 4. The molecule has 0 aliphatic carbocycles. The van der Waals surface area contributed by atoms with Crippen LogP contribution in [0.15, 0.2) is 54.9 Å². The van der Waals surface area contributed by atoms with E-state index in [4.69, 9.17) is 34.5 Å². The van der Waals surface area contributed by atoms with E-state index >= 15 is 0 Å². The summed E-state index contributed by atoms with van der Waals surface area (Å²) in [6.07, 6.45) is 3.53. The number of rotatable bonds is 7. The van der Waals surface area contributed by atoms with Crippen LogP contribution < -0.4 is 14.4 Å². The molecular formula is C27H25Cl2N4O4+. The molecule has 0 saturated carbocycles. The molecular weight excluding hydrogens is 515 g/mol. The second kappa shape index (κ2) is 10.3. The van der Waals surface area contributed by atoms with Crippen molar-refractivity contribution in [2.45, 2.75) is 32.7 Å². The molecule has 0 spiro atoms. The van der Waals surface area contributed by atoms with Crippen LogP contribution in [-0.2, 0) is 4.79 Å². The first-order valence-electron chi connectivity index (χ1n) is 11.5. The van der Waals surface area contributed by atoms with Crippen LogP contribution in [0.5, 0.6) is 5.75 Å². The fourth-order valence-electron chi connectivity index (χ4n) is 4.23. The predicted molar refractivity (Wildman–Crippen MR) is 140 cm³/mol. The Labute approximate surface area is 225 Å². The number of ether oxygens (including phenoxy) is 1. The van der Waals surface area contributed by atoms with Crippen molar-refractivity contribution in [2.24, 2.45) is 0 Å². The van der Waals surface area contributed by atoms with Gasteiger partial charge in [-0.2, -0.15) is 0 Å². The number of carbonyl (C=O) groups excluding carboxylic acids is 2. The SMILES string of the molecule is [C-]#[N+]c1ccc(N2C(=O)N(CCCOc3ccc(-c4cc[n+](O)cc4)cc3Cl)C(C)(C)C2=O)c(C)c1Cl. The Balaban J connectivity index is 1.42. The number of pyridine rings is 1. The molecule has 190 valence electrons. The number of carbonyl (C=O) groups is 2. The van der Waals surface area contributed by atoms with Gasteiger partial charge in [-0.3, -0.25) is 10.0 Å². The number of benzene rings is 2. The topological polar surface area (TPSA) is 78.3 Å². The summed E-state index contributed by atoms with van der Waals surface area (Å²) in [5, 5.41) is 10.1. The first-order chi connectivity index (χ1) is 17.6. The molecule has 1 aromatic heterocycles. The van der Waals surface area contributed by atoms with E-state index in [0.29, 0.717) is 35.0 Å². The van der Waals surface area contributed by atoms with Crippen LogP contribution in [0.3, 0.4) is 0 Å². The third-order valence-corrected chi connectivity index (χ3v) is 7.16. The van der Waals surface area contributed by atoms with Gasteiger partial charge in [-0.05, 0) is 62.1 Å². The van der Waals surface area contributed by atoms with Crippen LogP contribution in [0, 0.1) is 13.5 Å². The second-order valence-electron chi connectivity index (χ2n) is 9.10. The summed E-state index contributed by atoms with van der Waals surface area (Å²) in [6, 6.07) is 11.6. The highest BCUT2D eigenvalue weighted by atomic mass is 35.5. The Kier molecular flexibility index (Phi) is 7.30. The Morgan fingerprint density at radius 3 is 2.43 bits per heavy atom. The molecule has 1 N–H and O–H groups in total. The highest BCUT2D eigenvalue weighted by Crippen LogP contribution is 2.39. The van der Waals surface area contributed by atoms with E-state index in [0.717, 1.165) is 20.8 Å². The molecule has 2 aromatic carbocycles. The highest BCUT2D eigenvalue weighted by molar-refractivity contribution is 6.35. The monoisotopic (exact) mass is 539 g/mol. The largest absolute Gasteiger partial charge is 0.492 e. The minimum absolute atomic E-state index is 0.227. The summed E-state index contributed by atoms with van der Waals surface area (Å²) in [5.74, 6) is 0.146. The second-order valence-corrected chi connectivity index (χ2v) is 9.89. The molecule has 3 aromatic rings. The first-order valence-corrected chi connectivity index (χ1v) is 12.3. The quantitative estimate of drug-likeness (QED) is 0.130. The smallest absolute Gasteiger partial charge is 0.332 e. The van der Waals surface area contributed by atoms with Gasteiger partial charge in [-0.1, -0.05) is 35.3 Å². The summed E-state index contributed by atoms with van der Waals surface area (Å²) >= 11 is 12.7. The molecule has 1 aliphatic rings. The number of imide groups is 1. The Hall–Kier alpha value is -3.80. The normalized spacial score (nSPS) is 14.7. The summed E-state index contributed by atoms with van der Waals surface area (Å²) in [7, 11) is 0. The molecule has 4 rings (SSSR count). The maximum Gasteiger partial charge on any atom is 0.332 e. The molecule has 2 heterocycles. The molecule has 0 bridgehead atoms. The minimum atomic E-state index is -1.06. The van der Waals surface area contributed by atoms with Gasteiger partial charge in [0, 0.05) is 23.4 Å². The Bertz CT molecular complexity index is 1420. The van der Waals surface area contributed by atoms with Crippen LogP contribution in [0.25, 0.3) is 16.0 Å². The van der Waals surface area contributed by atoms with Crippen LogP contribution >= 0.6 is 23.2 Å². The Morgan fingerprint density at radius 2 is 1.78 bits per heavy atom. The van der Waals surface area contributed by atoms with Crippen molar-refractivity contribution in [3.63, 3.8) is 0 Å². The van der Waals surface area contributed by atoms with E-state index in [-0.39, 0.29) is 23.2 Å². The van der Waals surface area contributed by atoms with Gasteiger partial charge >= 0.3 is 6.03 Å². The van der Waals surface area contributed by atoms with Crippen molar-refractivity contribution < 1.29 is 24.3 Å². The summed E-state index contributed by atoms with van der Waals surface area (Å²) in [4.78, 5) is 32.6. The molecule has 10 heteroatoms. The fraction of sp³-hybridized carbons (Fsp3) is 0.259. The van der Waals surface area contributed by atoms with Crippen LogP contribution in [0.2, 0.25) is 10.0 Å². The maximum atomic E-state index is 13.3. The third kappa shape index (κ3) is 4.93. The third-order valence-electron chi connectivity index (χ3n) is 6.38. The van der Waals surface area contributed by atoms with Gasteiger partial charge in [0.1, 0.15) is 11.3 Å². The van der Waals surface area contributed by atoms with E-state index in [1.807, 2.05) is 6.07 Å². The number of halogens is 2. The number of amides is 3. The molecule has 1 fully saturated rings. The van der Waals surface area contributed by atoms with E-state index in [1.165, 1.54) is 23.4 Å². The van der Waals surface area contributed by atoms with Gasteiger partial charge < -0.3 is 9.64 Å². The zero-order chi connectivity index (χ0) is 26.9. The number of aromatic nitrogens is 1. The van der Waals surface area contributed by atoms with E-state index in [1.54, 1.807) is 51.1 Å².